The number of carbonyl (C=O) groups excluding carboxylic acids is 1. The Kier molecular flexibility index (Phi) is 5.64. The summed E-state index contributed by atoms with van der Waals surface area (Å²) in [4.78, 5) is 27.7. The third-order valence-corrected chi connectivity index (χ3v) is 1.65. The summed E-state index contributed by atoms with van der Waals surface area (Å²) in [5, 5.41) is 0. The van der Waals surface area contributed by atoms with Gasteiger partial charge in [-0.2, -0.15) is 0 Å². The van der Waals surface area contributed by atoms with Crippen LogP contribution in [0.25, 0.3) is 0 Å². The number of hydrogen-bond donors (Lipinski definition) is 2. The molecule has 0 heterocycles. The molecule has 6 nitrogen and oxygen atoms in total. The summed E-state index contributed by atoms with van der Waals surface area (Å²) in [5.74, 6) is -0.701. The number of ether oxygens (including phenoxy) is 1. The fourth-order valence-electron chi connectivity index (χ4n) is 0.637. The van der Waals surface area contributed by atoms with E-state index in [0.717, 1.165) is 6.08 Å². The largest absolute Gasteiger partial charge is 0.472 e. The molecule has 7 heteroatoms. The summed E-state index contributed by atoms with van der Waals surface area (Å²) in [6.07, 6.45) is 1.52. The van der Waals surface area contributed by atoms with Gasteiger partial charge < -0.3 is 14.5 Å². The molecule has 0 aromatic rings. The summed E-state index contributed by atoms with van der Waals surface area (Å²) in [6, 6.07) is 0. The van der Waals surface area contributed by atoms with Crippen LogP contribution >= 0.6 is 7.82 Å². The molecular weight excluding hydrogens is 211 g/mol. The molecule has 0 aromatic heterocycles. The standard InChI is InChI=1S/C7H13O6P/c1-3-5-6(8)12-7(4-2)13-14(9,10)11/h3,5,7H,4H2,1-2H3,(H2,9,10,11). The molecule has 14 heavy (non-hydrogen) atoms. The van der Waals surface area contributed by atoms with Gasteiger partial charge in [-0.25, -0.2) is 13.9 Å². The number of phosphoric acid groups is 1. The SMILES string of the molecule is CC=CC(=O)OC(CC)OP(=O)(O)O. The fourth-order valence-corrected chi connectivity index (χ4v) is 1.14. The van der Waals surface area contributed by atoms with Crippen LogP contribution in [-0.4, -0.2) is 22.0 Å². The maximum Gasteiger partial charge on any atom is 0.472 e. The minimum atomic E-state index is -4.61. The van der Waals surface area contributed by atoms with Crippen LogP contribution in [0.4, 0.5) is 0 Å². The third kappa shape index (κ3) is 6.80. The lowest BCUT2D eigenvalue weighted by Crippen LogP contribution is -2.18. The second-order valence-electron chi connectivity index (χ2n) is 2.37. The highest BCUT2D eigenvalue weighted by atomic mass is 31.2. The summed E-state index contributed by atoms with van der Waals surface area (Å²) in [7, 11) is -4.61. The number of allylic oxidation sites excluding steroid dienone is 1. The van der Waals surface area contributed by atoms with Gasteiger partial charge >= 0.3 is 13.8 Å². The predicted octanol–water partition coefficient (Wildman–Crippen LogP) is 0.951. The molecule has 0 aliphatic carbocycles. The maximum atomic E-state index is 10.9. The van der Waals surface area contributed by atoms with Crippen molar-refractivity contribution in [1.82, 2.24) is 0 Å². The maximum absolute atomic E-state index is 10.9. The Morgan fingerprint density at radius 2 is 2.14 bits per heavy atom. The first-order valence-corrected chi connectivity index (χ1v) is 5.49. The quantitative estimate of drug-likeness (QED) is 0.312. The topological polar surface area (TPSA) is 93.1 Å². The van der Waals surface area contributed by atoms with E-state index in [0.29, 0.717) is 0 Å². The smallest absolute Gasteiger partial charge is 0.432 e. The predicted molar refractivity (Wildman–Crippen MR) is 48.1 cm³/mol. The van der Waals surface area contributed by atoms with E-state index in [2.05, 4.69) is 9.26 Å². The van der Waals surface area contributed by atoms with E-state index in [4.69, 9.17) is 9.79 Å². The molecular formula is C7H13O6P. The molecule has 1 atom stereocenters. The minimum absolute atomic E-state index is 0.161. The van der Waals surface area contributed by atoms with Crippen LogP contribution in [0.15, 0.2) is 12.2 Å². The molecule has 0 fully saturated rings. The summed E-state index contributed by atoms with van der Waals surface area (Å²) in [5.41, 5.74) is 0. The van der Waals surface area contributed by atoms with Crippen LogP contribution in [0, 0.1) is 0 Å². The lowest BCUT2D eigenvalue weighted by Gasteiger charge is -2.15. The van der Waals surface area contributed by atoms with Crippen LogP contribution in [0.3, 0.4) is 0 Å². The molecule has 1 unspecified atom stereocenters. The lowest BCUT2D eigenvalue weighted by atomic mass is 10.5. The molecule has 0 radical (unpaired) electrons. The second-order valence-corrected chi connectivity index (χ2v) is 3.56. The van der Waals surface area contributed by atoms with E-state index < -0.39 is 20.1 Å². The minimum Gasteiger partial charge on any atom is -0.432 e. The van der Waals surface area contributed by atoms with Crippen LogP contribution in [-0.2, 0) is 18.6 Å². The molecule has 82 valence electrons. The van der Waals surface area contributed by atoms with Crippen molar-refractivity contribution in [2.75, 3.05) is 0 Å². The van der Waals surface area contributed by atoms with Gasteiger partial charge in [-0.3, -0.25) is 0 Å². The van der Waals surface area contributed by atoms with Crippen LogP contribution in [0.5, 0.6) is 0 Å². The van der Waals surface area contributed by atoms with Gasteiger partial charge in [0, 0.05) is 12.5 Å². The van der Waals surface area contributed by atoms with Gasteiger partial charge in [0.25, 0.3) is 0 Å². The zero-order chi connectivity index (χ0) is 11.2. The van der Waals surface area contributed by atoms with Crippen LogP contribution in [0.2, 0.25) is 0 Å². The molecule has 0 amide bonds. The number of esters is 1. The fraction of sp³-hybridized carbons (Fsp3) is 0.571. The van der Waals surface area contributed by atoms with Crippen molar-refractivity contribution in [3.05, 3.63) is 12.2 Å². The van der Waals surface area contributed by atoms with Gasteiger partial charge in [0.05, 0.1) is 0 Å². The van der Waals surface area contributed by atoms with E-state index in [9.17, 15) is 9.36 Å². The van der Waals surface area contributed by atoms with Gasteiger partial charge in [-0.15, -0.1) is 0 Å². The molecule has 2 N–H and O–H groups in total. The Balaban J connectivity index is 4.17. The van der Waals surface area contributed by atoms with Crippen molar-refractivity contribution < 1.29 is 28.4 Å². The third-order valence-electron chi connectivity index (χ3n) is 1.14. The zero-order valence-electron chi connectivity index (χ0n) is 7.91. The summed E-state index contributed by atoms with van der Waals surface area (Å²) >= 11 is 0. The van der Waals surface area contributed by atoms with Gasteiger partial charge in [-0.1, -0.05) is 13.0 Å². The highest BCUT2D eigenvalue weighted by Gasteiger charge is 2.23. The van der Waals surface area contributed by atoms with Crippen molar-refractivity contribution in [3.8, 4) is 0 Å². The van der Waals surface area contributed by atoms with E-state index in [1.807, 2.05) is 0 Å². The summed E-state index contributed by atoms with van der Waals surface area (Å²) in [6.45, 7) is 3.19. The number of phosphoric ester groups is 1. The monoisotopic (exact) mass is 224 g/mol. The average molecular weight is 224 g/mol. The second kappa shape index (κ2) is 5.93. The molecule has 0 aliphatic heterocycles. The molecule has 0 rings (SSSR count). The van der Waals surface area contributed by atoms with Crippen molar-refractivity contribution >= 4 is 13.8 Å². The van der Waals surface area contributed by atoms with E-state index in [1.54, 1.807) is 13.8 Å². The Bertz CT molecular complexity index is 255. The molecule has 0 aliphatic rings. The van der Waals surface area contributed by atoms with Gasteiger partial charge in [0.2, 0.25) is 6.29 Å². The average Bonchev–Trinajstić information content (AvgIpc) is 2.01. The van der Waals surface area contributed by atoms with Crippen molar-refractivity contribution in [1.29, 1.82) is 0 Å². The van der Waals surface area contributed by atoms with E-state index in [-0.39, 0.29) is 6.42 Å². The first-order chi connectivity index (χ1) is 6.39. The highest BCUT2D eigenvalue weighted by molar-refractivity contribution is 7.46. The van der Waals surface area contributed by atoms with Crippen LogP contribution < -0.4 is 0 Å². The molecule has 0 saturated heterocycles. The van der Waals surface area contributed by atoms with Crippen molar-refractivity contribution in [3.63, 3.8) is 0 Å². The van der Waals surface area contributed by atoms with Crippen LogP contribution in [0.1, 0.15) is 20.3 Å². The molecule has 0 spiro atoms. The number of rotatable bonds is 5. The molecule has 0 bridgehead atoms. The van der Waals surface area contributed by atoms with Crippen molar-refractivity contribution in [2.45, 2.75) is 26.6 Å². The number of carbonyl (C=O) groups is 1. The van der Waals surface area contributed by atoms with Gasteiger partial charge in [-0.05, 0) is 6.92 Å². The van der Waals surface area contributed by atoms with Gasteiger partial charge in [0.1, 0.15) is 0 Å². The first kappa shape index (κ1) is 13.3. The van der Waals surface area contributed by atoms with Gasteiger partial charge in [0.15, 0.2) is 0 Å². The Hall–Kier alpha value is -0.680. The van der Waals surface area contributed by atoms with Crippen molar-refractivity contribution in [2.24, 2.45) is 0 Å². The molecule has 0 aromatic carbocycles. The number of hydrogen-bond acceptors (Lipinski definition) is 4. The zero-order valence-corrected chi connectivity index (χ0v) is 8.81. The summed E-state index contributed by atoms with van der Waals surface area (Å²) < 4.78 is 19.2. The Morgan fingerprint density at radius 3 is 2.50 bits per heavy atom. The highest BCUT2D eigenvalue weighted by Crippen LogP contribution is 2.38. The normalized spacial score (nSPS) is 14.3. The first-order valence-electron chi connectivity index (χ1n) is 3.96. The Labute approximate surface area is 81.8 Å². The molecule has 0 saturated carbocycles. The van der Waals surface area contributed by atoms with E-state index in [1.165, 1.54) is 6.08 Å². The lowest BCUT2D eigenvalue weighted by molar-refractivity contribution is -0.159. The van der Waals surface area contributed by atoms with E-state index >= 15 is 0 Å². The Morgan fingerprint density at radius 1 is 1.57 bits per heavy atom.